The van der Waals surface area contributed by atoms with Crippen LogP contribution in [0.5, 0.6) is 0 Å². The Morgan fingerprint density at radius 1 is 1.26 bits per heavy atom. The van der Waals surface area contributed by atoms with Gasteiger partial charge in [0.25, 0.3) is 0 Å². The zero-order valence-electron chi connectivity index (χ0n) is 10.0. The second-order valence-corrected chi connectivity index (χ2v) is 8.39. The van der Waals surface area contributed by atoms with Gasteiger partial charge < -0.3 is 5.32 Å². The first kappa shape index (κ1) is 16.0. The van der Waals surface area contributed by atoms with Gasteiger partial charge in [0.1, 0.15) is 0 Å². The van der Waals surface area contributed by atoms with Gasteiger partial charge in [-0.1, -0.05) is 30.7 Å². The normalized spacial score (nSPS) is 12.7. The number of benzene rings is 1. The number of thiophene rings is 1. The van der Waals surface area contributed by atoms with Gasteiger partial charge in [-0.2, -0.15) is 0 Å². The van der Waals surface area contributed by atoms with Crippen molar-refractivity contribution in [2.24, 2.45) is 0 Å². The van der Waals surface area contributed by atoms with Gasteiger partial charge in [0.15, 0.2) is 0 Å². The van der Waals surface area contributed by atoms with E-state index in [1.165, 1.54) is 4.88 Å². The molecule has 1 unspecified atom stereocenters. The van der Waals surface area contributed by atoms with Crippen molar-refractivity contribution in [3.8, 4) is 0 Å². The van der Waals surface area contributed by atoms with Gasteiger partial charge in [-0.05, 0) is 72.0 Å². The summed E-state index contributed by atoms with van der Waals surface area (Å²) in [5.74, 6) is 0. The van der Waals surface area contributed by atoms with Crippen molar-refractivity contribution in [1.82, 2.24) is 5.32 Å². The van der Waals surface area contributed by atoms with Crippen molar-refractivity contribution in [1.29, 1.82) is 0 Å². The van der Waals surface area contributed by atoms with Crippen LogP contribution in [0.15, 0.2) is 37.0 Å². The average Bonchev–Trinajstić information content (AvgIpc) is 2.70. The molecule has 0 saturated heterocycles. The minimum atomic E-state index is 0.0996. The zero-order chi connectivity index (χ0) is 14.0. The molecular weight excluding hydrogens is 477 g/mol. The number of rotatable bonds is 4. The highest BCUT2D eigenvalue weighted by Gasteiger charge is 2.20. The SMILES string of the molecule is CCNC(c1cc(Br)c(Br)s1)c1cccc(Br)c1Cl. The minimum Gasteiger partial charge on any atom is -0.306 e. The second kappa shape index (κ2) is 7.05. The fourth-order valence-electron chi connectivity index (χ4n) is 1.82. The highest BCUT2D eigenvalue weighted by molar-refractivity contribution is 9.13. The molecule has 0 aliphatic carbocycles. The van der Waals surface area contributed by atoms with E-state index in [1.807, 2.05) is 12.1 Å². The lowest BCUT2D eigenvalue weighted by Crippen LogP contribution is -2.21. The monoisotopic (exact) mass is 485 g/mol. The topological polar surface area (TPSA) is 12.0 Å². The molecule has 0 aliphatic heterocycles. The van der Waals surface area contributed by atoms with Gasteiger partial charge in [-0.15, -0.1) is 11.3 Å². The van der Waals surface area contributed by atoms with Crippen molar-refractivity contribution in [2.75, 3.05) is 6.54 Å². The third-order valence-corrected chi connectivity index (χ3v) is 7.28. The van der Waals surface area contributed by atoms with E-state index in [-0.39, 0.29) is 6.04 Å². The van der Waals surface area contributed by atoms with Crippen LogP contribution in [-0.2, 0) is 0 Å². The summed E-state index contributed by atoms with van der Waals surface area (Å²) in [6, 6.07) is 8.24. The van der Waals surface area contributed by atoms with Crippen LogP contribution in [0.25, 0.3) is 0 Å². The molecule has 6 heteroatoms. The van der Waals surface area contributed by atoms with Gasteiger partial charge in [0.2, 0.25) is 0 Å². The van der Waals surface area contributed by atoms with Crippen LogP contribution in [0, 0.1) is 0 Å². The van der Waals surface area contributed by atoms with Crippen LogP contribution in [0.2, 0.25) is 5.02 Å². The molecule has 1 aromatic carbocycles. The summed E-state index contributed by atoms with van der Waals surface area (Å²) in [5, 5.41) is 4.25. The lowest BCUT2D eigenvalue weighted by atomic mass is 10.1. The zero-order valence-corrected chi connectivity index (χ0v) is 16.3. The highest BCUT2D eigenvalue weighted by Crippen LogP contribution is 2.40. The highest BCUT2D eigenvalue weighted by atomic mass is 79.9. The molecule has 0 radical (unpaired) electrons. The molecule has 2 rings (SSSR count). The molecule has 0 spiro atoms. The molecule has 1 nitrogen and oxygen atoms in total. The van der Waals surface area contributed by atoms with E-state index in [4.69, 9.17) is 11.6 Å². The van der Waals surface area contributed by atoms with E-state index in [1.54, 1.807) is 11.3 Å². The van der Waals surface area contributed by atoms with Crippen LogP contribution in [-0.4, -0.2) is 6.54 Å². The molecule has 19 heavy (non-hydrogen) atoms. The number of hydrogen-bond donors (Lipinski definition) is 1. The molecule has 0 amide bonds. The van der Waals surface area contributed by atoms with Gasteiger partial charge >= 0.3 is 0 Å². The third-order valence-electron chi connectivity index (χ3n) is 2.65. The quantitative estimate of drug-likeness (QED) is 0.526. The minimum absolute atomic E-state index is 0.0996. The summed E-state index contributed by atoms with van der Waals surface area (Å²) in [6.07, 6.45) is 0. The molecule has 0 aliphatic rings. The second-order valence-electron chi connectivity index (χ2n) is 3.90. The van der Waals surface area contributed by atoms with Crippen LogP contribution in [0.4, 0.5) is 0 Å². The van der Waals surface area contributed by atoms with E-state index >= 15 is 0 Å². The van der Waals surface area contributed by atoms with Crippen LogP contribution < -0.4 is 5.32 Å². The first-order valence-corrected chi connectivity index (χ1v) is 9.24. The predicted molar refractivity (Wildman–Crippen MR) is 94.4 cm³/mol. The largest absolute Gasteiger partial charge is 0.306 e. The average molecular weight is 488 g/mol. The Kier molecular flexibility index (Phi) is 5.93. The van der Waals surface area contributed by atoms with E-state index in [0.717, 1.165) is 29.9 Å². The number of halogens is 4. The summed E-state index contributed by atoms with van der Waals surface area (Å²) < 4.78 is 3.09. The maximum absolute atomic E-state index is 6.41. The standard InChI is InChI=1S/C13H11Br3ClNS/c1-2-18-12(10-6-9(15)13(16)19-10)7-4-3-5-8(14)11(7)17/h3-6,12,18H,2H2,1H3. The number of nitrogens with one attached hydrogen (secondary N) is 1. The summed E-state index contributed by atoms with van der Waals surface area (Å²) in [5.41, 5.74) is 1.08. The van der Waals surface area contributed by atoms with E-state index in [2.05, 4.69) is 72.2 Å². The molecule has 0 bridgehead atoms. The van der Waals surface area contributed by atoms with E-state index < -0.39 is 0 Å². The van der Waals surface area contributed by atoms with Gasteiger partial charge in [0.05, 0.1) is 14.9 Å². The summed E-state index contributed by atoms with van der Waals surface area (Å²) >= 11 is 18.7. The van der Waals surface area contributed by atoms with Crippen molar-refractivity contribution in [2.45, 2.75) is 13.0 Å². The fourth-order valence-corrected chi connectivity index (χ4v) is 4.62. The van der Waals surface area contributed by atoms with Gasteiger partial charge in [0, 0.05) is 13.8 Å². The van der Waals surface area contributed by atoms with E-state index in [9.17, 15) is 0 Å². The molecule has 1 atom stereocenters. The molecule has 0 saturated carbocycles. The van der Waals surface area contributed by atoms with Gasteiger partial charge in [-0.25, -0.2) is 0 Å². The Morgan fingerprint density at radius 2 is 2.00 bits per heavy atom. The Labute approximate surface area is 147 Å². The number of hydrogen-bond acceptors (Lipinski definition) is 2. The van der Waals surface area contributed by atoms with Gasteiger partial charge in [-0.3, -0.25) is 0 Å². The lowest BCUT2D eigenvalue weighted by Gasteiger charge is -2.18. The Morgan fingerprint density at radius 3 is 2.58 bits per heavy atom. The summed E-state index contributed by atoms with van der Waals surface area (Å²) in [6.45, 7) is 2.97. The lowest BCUT2D eigenvalue weighted by molar-refractivity contribution is 0.639. The Bertz CT molecular complexity index is 566. The predicted octanol–water partition coefficient (Wildman–Crippen LogP) is 6.39. The van der Waals surface area contributed by atoms with Crippen LogP contribution in [0.3, 0.4) is 0 Å². The van der Waals surface area contributed by atoms with E-state index in [0.29, 0.717) is 0 Å². The smallest absolute Gasteiger partial charge is 0.0843 e. The summed E-state index contributed by atoms with van der Waals surface area (Å²) in [7, 11) is 0. The molecule has 1 aromatic heterocycles. The fraction of sp³-hybridized carbons (Fsp3) is 0.231. The molecule has 1 heterocycles. The van der Waals surface area contributed by atoms with Crippen LogP contribution in [0.1, 0.15) is 23.4 Å². The third kappa shape index (κ3) is 3.63. The van der Waals surface area contributed by atoms with Crippen molar-refractivity contribution in [3.05, 3.63) is 52.5 Å². The molecule has 1 N–H and O–H groups in total. The Balaban J connectivity index is 2.48. The van der Waals surface area contributed by atoms with Crippen molar-refractivity contribution in [3.63, 3.8) is 0 Å². The molecule has 2 aromatic rings. The maximum Gasteiger partial charge on any atom is 0.0843 e. The molecular formula is C13H11Br3ClNS. The molecule has 102 valence electrons. The first-order chi connectivity index (χ1) is 9.04. The Hall–Kier alpha value is 0.610. The summed E-state index contributed by atoms with van der Waals surface area (Å²) in [4.78, 5) is 1.22. The van der Waals surface area contributed by atoms with Crippen molar-refractivity contribution >= 4 is 70.7 Å². The van der Waals surface area contributed by atoms with Crippen molar-refractivity contribution < 1.29 is 0 Å². The van der Waals surface area contributed by atoms with Crippen LogP contribution >= 0.6 is 70.7 Å². The first-order valence-electron chi connectivity index (χ1n) is 5.66. The molecule has 0 fully saturated rings. The maximum atomic E-state index is 6.41.